The molecule has 2 aromatic rings. The summed E-state index contributed by atoms with van der Waals surface area (Å²) in [6, 6.07) is 12.4. The Labute approximate surface area is 220 Å². The van der Waals surface area contributed by atoms with Crippen LogP contribution in [0.3, 0.4) is 0 Å². The topological polar surface area (TPSA) is 47.9 Å². The van der Waals surface area contributed by atoms with Gasteiger partial charge in [0.25, 0.3) is 0 Å². The number of carbonyl (C=O) groups is 1. The van der Waals surface area contributed by atoms with Gasteiger partial charge in [0.2, 0.25) is 5.96 Å². The number of Topliss-reactive ketones (excluding diaryl/α,β-unsaturated/α-hetero) is 1. The third-order valence-electron chi connectivity index (χ3n) is 6.29. The summed E-state index contributed by atoms with van der Waals surface area (Å²) >= 11 is 6.47. The number of hydrogen-bond donors (Lipinski definition) is 1. The SMILES string of the molecule is C=C1c2cc(Cl)cc(CNC3=CCC=C3C(C)=O)c2N=C(N2Cc3ccccc3C2)N1C.CC.CC. The van der Waals surface area contributed by atoms with E-state index >= 15 is 0 Å². The molecule has 0 unspecified atom stereocenters. The zero-order valence-corrected chi connectivity index (χ0v) is 23.0. The van der Waals surface area contributed by atoms with Crippen LogP contribution in [0, 0.1) is 0 Å². The molecule has 1 aliphatic carbocycles. The molecule has 2 aromatic carbocycles. The van der Waals surface area contributed by atoms with Gasteiger partial charge in [0.15, 0.2) is 5.78 Å². The van der Waals surface area contributed by atoms with Crippen LogP contribution in [-0.4, -0.2) is 28.6 Å². The molecule has 0 aromatic heterocycles. The second kappa shape index (κ2) is 12.1. The van der Waals surface area contributed by atoms with Gasteiger partial charge in [-0.3, -0.25) is 4.79 Å². The summed E-state index contributed by atoms with van der Waals surface area (Å²) in [5.74, 6) is 0.949. The van der Waals surface area contributed by atoms with Gasteiger partial charge in [-0.1, -0.05) is 82.3 Å². The Balaban J connectivity index is 0.000000861. The number of ketones is 1. The number of carbonyl (C=O) groups excluding carboxylic acids is 1. The molecular formula is C30H37ClN4O. The molecule has 0 amide bonds. The molecule has 3 aliphatic rings. The van der Waals surface area contributed by atoms with Crippen molar-refractivity contribution in [3.63, 3.8) is 0 Å². The van der Waals surface area contributed by atoms with Crippen molar-refractivity contribution < 1.29 is 4.79 Å². The van der Waals surface area contributed by atoms with Crippen LogP contribution in [0.2, 0.25) is 5.02 Å². The second-order valence-corrected chi connectivity index (χ2v) is 8.82. The van der Waals surface area contributed by atoms with Crippen molar-refractivity contribution in [3.8, 4) is 0 Å². The fraction of sp³-hybridized carbons (Fsp3) is 0.333. The van der Waals surface area contributed by atoms with Crippen molar-refractivity contribution in [1.29, 1.82) is 0 Å². The van der Waals surface area contributed by atoms with Crippen LogP contribution in [0.5, 0.6) is 0 Å². The minimum Gasteiger partial charge on any atom is -0.381 e. The second-order valence-electron chi connectivity index (χ2n) is 8.38. The maximum atomic E-state index is 11.9. The predicted octanol–water partition coefficient (Wildman–Crippen LogP) is 7.20. The van der Waals surface area contributed by atoms with E-state index in [1.54, 1.807) is 6.92 Å². The number of nitrogens with one attached hydrogen (secondary N) is 1. The lowest BCUT2D eigenvalue weighted by molar-refractivity contribution is -0.113. The maximum absolute atomic E-state index is 11.9. The van der Waals surface area contributed by atoms with Crippen LogP contribution in [0.25, 0.3) is 5.70 Å². The van der Waals surface area contributed by atoms with E-state index in [9.17, 15) is 4.79 Å². The first kappa shape index (κ1) is 27.3. The van der Waals surface area contributed by atoms with Gasteiger partial charge >= 0.3 is 0 Å². The van der Waals surface area contributed by atoms with Gasteiger partial charge in [-0.2, -0.15) is 0 Å². The van der Waals surface area contributed by atoms with Crippen molar-refractivity contribution in [3.05, 3.63) is 93.7 Å². The molecule has 2 heterocycles. The fourth-order valence-corrected chi connectivity index (χ4v) is 4.82. The Kier molecular flexibility index (Phi) is 9.16. The van der Waals surface area contributed by atoms with Crippen molar-refractivity contribution in [2.24, 2.45) is 4.99 Å². The van der Waals surface area contributed by atoms with Gasteiger partial charge in [0.05, 0.1) is 5.69 Å². The van der Waals surface area contributed by atoms with Gasteiger partial charge in [0, 0.05) is 54.2 Å². The predicted molar refractivity (Wildman–Crippen MR) is 152 cm³/mol. The third kappa shape index (κ3) is 5.41. The molecule has 1 N–H and O–H groups in total. The number of hydrogen-bond acceptors (Lipinski definition) is 5. The lowest BCUT2D eigenvalue weighted by Gasteiger charge is -2.34. The molecule has 0 spiro atoms. The van der Waals surface area contributed by atoms with Crippen LogP contribution in [0.4, 0.5) is 5.69 Å². The molecule has 0 bridgehead atoms. The Morgan fingerprint density at radius 2 is 1.72 bits per heavy atom. The molecule has 2 aliphatic heterocycles. The lowest BCUT2D eigenvalue weighted by atomic mass is 10.0. The molecule has 0 atom stereocenters. The Morgan fingerprint density at radius 1 is 1.08 bits per heavy atom. The van der Waals surface area contributed by atoms with Crippen molar-refractivity contribution in [2.75, 3.05) is 7.05 Å². The van der Waals surface area contributed by atoms with Gasteiger partial charge in [-0.15, -0.1) is 0 Å². The molecule has 36 heavy (non-hydrogen) atoms. The van der Waals surface area contributed by atoms with E-state index in [0.717, 1.165) is 59.3 Å². The molecule has 5 nitrogen and oxygen atoms in total. The minimum atomic E-state index is 0.0679. The number of aliphatic imine (C=N–C) groups is 1. The van der Waals surface area contributed by atoms with E-state index in [2.05, 4.69) is 41.1 Å². The van der Waals surface area contributed by atoms with Crippen molar-refractivity contribution in [1.82, 2.24) is 15.1 Å². The smallest absolute Gasteiger partial charge is 0.206 e. The monoisotopic (exact) mass is 504 g/mol. The fourth-order valence-electron chi connectivity index (χ4n) is 4.58. The van der Waals surface area contributed by atoms with Gasteiger partial charge in [0.1, 0.15) is 0 Å². The van der Waals surface area contributed by atoms with Crippen LogP contribution in [0.1, 0.15) is 63.3 Å². The van der Waals surface area contributed by atoms with E-state index < -0.39 is 0 Å². The van der Waals surface area contributed by atoms with Crippen LogP contribution >= 0.6 is 11.6 Å². The van der Waals surface area contributed by atoms with E-state index in [0.29, 0.717) is 11.6 Å². The van der Waals surface area contributed by atoms with E-state index in [1.165, 1.54) is 11.1 Å². The highest BCUT2D eigenvalue weighted by Crippen LogP contribution is 2.39. The summed E-state index contributed by atoms with van der Waals surface area (Å²) in [6.45, 7) is 16.1. The van der Waals surface area contributed by atoms with Gasteiger partial charge in [-0.25, -0.2) is 4.99 Å². The first-order valence-corrected chi connectivity index (χ1v) is 13.1. The van der Waals surface area contributed by atoms with Crippen LogP contribution < -0.4 is 5.32 Å². The Morgan fingerprint density at radius 3 is 2.33 bits per heavy atom. The minimum absolute atomic E-state index is 0.0679. The average molecular weight is 505 g/mol. The van der Waals surface area contributed by atoms with Gasteiger partial charge in [-0.05, 0) is 42.2 Å². The quantitative estimate of drug-likeness (QED) is 0.478. The lowest BCUT2D eigenvalue weighted by Crippen LogP contribution is -2.40. The summed E-state index contributed by atoms with van der Waals surface area (Å²) < 4.78 is 0. The molecular weight excluding hydrogens is 468 g/mol. The number of benzene rings is 2. The molecule has 0 radical (unpaired) electrons. The standard InChI is InChI=1S/C26H25ClN4O.2C2H6/c1-16-23-12-21(27)11-20(13-28-24-10-6-9-22(24)17(2)32)25(23)29-26(30(16)3)31-14-18-7-4-5-8-19(18)15-31;2*1-2/h4-5,7-12,28H,1,6,13-15H2,2-3H3;2*1-2H3. The third-order valence-corrected chi connectivity index (χ3v) is 6.51. The normalized spacial score (nSPS) is 15.4. The Hall–Kier alpha value is -3.31. The molecule has 0 fully saturated rings. The molecule has 190 valence electrons. The number of nitrogens with zero attached hydrogens (tertiary/aromatic N) is 3. The van der Waals surface area contributed by atoms with E-state index in [-0.39, 0.29) is 5.78 Å². The molecule has 5 rings (SSSR count). The molecule has 0 saturated carbocycles. The van der Waals surface area contributed by atoms with Crippen molar-refractivity contribution >= 4 is 34.7 Å². The number of allylic oxidation sites excluding steroid dienone is 3. The summed E-state index contributed by atoms with van der Waals surface area (Å²) in [4.78, 5) is 21.3. The number of halogens is 1. The van der Waals surface area contributed by atoms with Crippen molar-refractivity contribution in [2.45, 2.75) is 60.7 Å². The van der Waals surface area contributed by atoms with Crippen LogP contribution in [-0.2, 0) is 24.4 Å². The summed E-state index contributed by atoms with van der Waals surface area (Å²) in [5.41, 5.74) is 7.93. The largest absolute Gasteiger partial charge is 0.381 e. The van der Waals surface area contributed by atoms with E-state index in [4.69, 9.17) is 16.6 Å². The highest BCUT2D eigenvalue weighted by Gasteiger charge is 2.30. The zero-order valence-electron chi connectivity index (χ0n) is 22.3. The average Bonchev–Trinajstić information content (AvgIpc) is 3.54. The first-order chi connectivity index (χ1) is 17.4. The first-order valence-electron chi connectivity index (χ1n) is 12.7. The summed E-state index contributed by atoms with van der Waals surface area (Å²) in [7, 11) is 2.00. The van der Waals surface area contributed by atoms with E-state index in [1.807, 2.05) is 63.9 Å². The number of guanidine groups is 1. The molecule has 6 heteroatoms. The zero-order chi connectivity index (χ0) is 26.4. The summed E-state index contributed by atoms with van der Waals surface area (Å²) in [6.07, 6.45) is 4.76. The van der Waals surface area contributed by atoms with Crippen LogP contribution in [0.15, 0.2) is 71.4 Å². The van der Waals surface area contributed by atoms with Gasteiger partial charge < -0.3 is 15.1 Å². The Bertz CT molecular complexity index is 1220. The number of fused-ring (bicyclic) bond motifs is 2. The maximum Gasteiger partial charge on any atom is 0.206 e. The highest BCUT2D eigenvalue weighted by atomic mass is 35.5. The number of rotatable bonds is 4. The molecule has 0 saturated heterocycles. The highest BCUT2D eigenvalue weighted by molar-refractivity contribution is 6.31. The summed E-state index contributed by atoms with van der Waals surface area (Å²) in [5, 5.41) is 4.06.